The summed E-state index contributed by atoms with van der Waals surface area (Å²) < 4.78 is 2.27. The van der Waals surface area contributed by atoms with Crippen LogP contribution in [0.4, 0.5) is 0 Å². The summed E-state index contributed by atoms with van der Waals surface area (Å²) in [4.78, 5) is 4.54. The topological polar surface area (TPSA) is 29.9 Å². The molecule has 1 atom stereocenters. The lowest BCUT2D eigenvalue weighted by atomic mass is 9.93. The van der Waals surface area contributed by atoms with Gasteiger partial charge in [-0.15, -0.1) is 0 Å². The number of benzene rings is 2. The highest BCUT2D eigenvalue weighted by Crippen LogP contribution is 2.26. The van der Waals surface area contributed by atoms with Crippen LogP contribution in [0.3, 0.4) is 0 Å². The fourth-order valence-electron chi connectivity index (χ4n) is 3.88. The Bertz CT molecular complexity index is 913. The number of aromatic nitrogens is 2. The minimum absolute atomic E-state index is 0.548. The summed E-state index contributed by atoms with van der Waals surface area (Å²) in [6.07, 6.45) is 10.9. The molecule has 0 bridgehead atoms. The van der Waals surface area contributed by atoms with Gasteiger partial charge in [0.2, 0.25) is 0 Å². The SMILES string of the molecule is Clc1ccc(C2=CCNC(CCCCn3ccnc3-c3ccccc3)C2)cc1. The van der Waals surface area contributed by atoms with Gasteiger partial charge in [-0.05, 0) is 42.5 Å². The van der Waals surface area contributed by atoms with Crippen LogP contribution in [0.15, 0.2) is 73.1 Å². The Morgan fingerprint density at radius 2 is 1.82 bits per heavy atom. The highest BCUT2D eigenvalue weighted by Gasteiger charge is 2.16. The molecule has 0 amide bonds. The second-order valence-corrected chi connectivity index (χ2v) is 7.79. The van der Waals surface area contributed by atoms with Crippen molar-refractivity contribution in [1.29, 1.82) is 0 Å². The molecule has 4 rings (SSSR count). The van der Waals surface area contributed by atoms with Crippen LogP contribution >= 0.6 is 11.6 Å². The average molecular weight is 392 g/mol. The predicted molar refractivity (Wildman–Crippen MR) is 117 cm³/mol. The third-order valence-electron chi connectivity index (χ3n) is 5.39. The van der Waals surface area contributed by atoms with Gasteiger partial charge in [-0.3, -0.25) is 0 Å². The van der Waals surface area contributed by atoms with Crippen LogP contribution in [0.1, 0.15) is 31.2 Å². The van der Waals surface area contributed by atoms with Crippen molar-refractivity contribution in [3.8, 4) is 11.4 Å². The molecular formula is C24H26ClN3. The van der Waals surface area contributed by atoms with Gasteiger partial charge in [-0.2, -0.15) is 0 Å². The van der Waals surface area contributed by atoms with Crippen LogP contribution in [0.25, 0.3) is 17.0 Å². The fourth-order valence-corrected chi connectivity index (χ4v) is 4.01. The fraction of sp³-hybridized carbons (Fsp3) is 0.292. The Kier molecular flexibility index (Phi) is 6.25. The Balaban J connectivity index is 1.27. The lowest BCUT2D eigenvalue weighted by molar-refractivity contribution is 0.465. The number of nitrogens with zero attached hydrogens (tertiary/aromatic N) is 2. The number of hydrogen-bond donors (Lipinski definition) is 1. The van der Waals surface area contributed by atoms with Crippen LogP contribution in [-0.4, -0.2) is 22.1 Å². The summed E-state index contributed by atoms with van der Waals surface area (Å²) >= 11 is 6.02. The molecule has 4 heteroatoms. The van der Waals surface area contributed by atoms with Crippen LogP contribution in [0.5, 0.6) is 0 Å². The van der Waals surface area contributed by atoms with Crippen molar-refractivity contribution in [2.24, 2.45) is 0 Å². The average Bonchev–Trinajstić information content (AvgIpc) is 3.21. The zero-order valence-electron chi connectivity index (χ0n) is 16.0. The van der Waals surface area contributed by atoms with Crippen molar-refractivity contribution in [3.63, 3.8) is 0 Å². The van der Waals surface area contributed by atoms with Gasteiger partial charge in [-0.1, -0.05) is 66.6 Å². The monoisotopic (exact) mass is 391 g/mol. The summed E-state index contributed by atoms with van der Waals surface area (Å²) in [7, 11) is 0. The van der Waals surface area contributed by atoms with E-state index in [2.05, 4.69) is 63.5 Å². The molecule has 1 N–H and O–H groups in total. The maximum atomic E-state index is 6.02. The lowest BCUT2D eigenvalue weighted by Crippen LogP contribution is -2.32. The van der Waals surface area contributed by atoms with E-state index in [0.29, 0.717) is 6.04 Å². The predicted octanol–water partition coefficient (Wildman–Crippen LogP) is 5.82. The van der Waals surface area contributed by atoms with Gasteiger partial charge in [-0.25, -0.2) is 4.98 Å². The molecule has 3 aromatic rings. The third-order valence-corrected chi connectivity index (χ3v) is 5.64. The minimum atomic E-state index is 0.548. The molecule has 0 spiro atoms. The van der Waals surface area contributed by atoms with Gasteiger partial charge >= 0.3 is 0 Å². The van der Waals surface area contributed by atoms with Gasteiger partial charge in [0.05, 0.1) is 0 Å². The molecule has 0 fully saturated rings. The molecule has 3 nitrogen and oxygen atoms in total. The van der Waals surface area contributed by atoms with Crippen molar-refractivity contribution in [2.75, 3.05) is 6.54 Å². The van der Waals surface area contributed by atoms with Gasteiger partial charge < -0.3 is 9.88 Å². The second-order valence-electron chi connectivity index (χ2n) is 7.35. The van der Waals surface area contributed by atoms with Crippen LogP contribution in [0, 0.1) is 0 Å². The smallest absolute Gasteiger partial charge is 0.139 e. The quantitative estimate of drug-likeness (QED) is 0.514. The molecule has 1 aliphatic rings. The van der Waals surface area contributed by atoms with E-state index in [1.165, 1.54) is 29.5 Å². The molecule has 0 radical (unpaired) electrons. The number of hydrogen-bond acceptors (Lipinski definition) is 2. The standard InChI is InChI=1S/C24H26ClN3/c25-22-11-9-19(10-12-22)21-13-14-26-23(18-21)8-4-5-16-28-17-15-27-24(28)20-6-2-1-3-7-20/h1-3,6-7,9-13,15,17,23,26H,4-5,8,14,16,18H2. The number of imidazole rings is 1. The number of aryl methyl sites for hydroxylation is 1. The minimum Gasteiger partial charge on any atom is -0.331 e. The molecule has 2 aromatic carbocycles. The molecule has 1 aromatic heterocycles. The van der Waals surface area contributed by atoms with Crippen LogP contribution in [0.2, 0.25) is 5.02 Å². The zero-order chi connectivity index (χ0) is 19.2. The summed E-state index contributed by atoms with van der Waals surface area (Å²) in [6.45, 7) is 1.96. The molecule has 0 saturated carbocycles. The number of nitrogens with one attached hydrogen (secondary N) is 1. The van der Waals surface area contributed by atoms with Crippen LogP contribution in [-0.2, 0) is 6.54 Å². The molecule has 2 heterocycles. The molecule has 28 heavy (non-hydrogen) atoms. The second kappa shape index (κ2) is 9.22. The first-order valence-electron chi connectivity index (χ1n) is 10.0. The van der Waals surface area contributed by atoms with Gasteiger partial charge in [0.25, 0.3) is 0 Å². The number of unbranched alkanes of at least 4 members (excludes halogenated alkanes) is 1. The maximum absolute atomic E-state index is 6.02. The first kappa shape index (κ1) is 19.0. The maximum Gasteiger partial charge on any atom is 0.139 e. The molecule has 1 aliphatic heterocycles. The normalized spacial score (nSPS) is 16.8. The molecule has 0 aliphatic carbocycles. The summed E-state index contributed by atoms with van der Waals surface area (Å²) in [5.41, 5.74) is 3.90. The Labute approximate surface area is 172 Å². The Morgan fingerprint density at radius 1 is 1.00 bits per heavy atom. The van der Waals surface area contributed by atoms with E-state index in [1.54, 1.807) is 0 Å². The lowest BCUT2D eigenvalue weighted by Gasteiger charge is -2.24. The molecular weight excluding hydrogens is 366 g/mol. The van der Waals surface area contributed by atoms with Crippen molar-refractivity contribution in [2.45, 2.75) is 38.3 Å². The van der Waals surface area contributed by atoms with E-state index in [0.717, 1.165) is 36.8 Å². The molecule has 1 unspecified atom stereocenters. The molecule has 144 valence electrons. The molecule has 0 saturated heterocycles. The zero-order valence-corrected chi connectivity index (χ0v) is 16.8. The van der Waals surface area contributed by atoms with Crippen molar-refractivity contribution in [1.82, 2.24) is 14.9 Å². The van der Waals surface area contributed by atoms with E-state index >= 15 is 0 Å². The number of rotatable bonds is 7. The first-order valence-corrected chi connectivity index (χ1v) is 10.4. The summed E-state index contributed by atoms with van der Waals surface area (Å²) in [5.74, 6) is 1.06. The Morgan fingerprint density at radius 3 is 2.64 bits per heavy atom. The van der Waals surface area contributed by atoms with E-state index in [-0.39, 0.29) is 0 Å². The highest BCUT2D eigenvalue weighted by molar-refractivity contribution is 6.30. The van der Waals surface area contributed by atoms with Gasteiger partial charge in [0.15, 0.2) is 0 Å². The van der Waals surface area contributed by atoms with Crippen molar-refractivity contribution in [3.05, 3.63) is 83.7 Å². The third kappa shape index (κ3) is 4.73. The summed E-state index contributed by atoms with van der Waals surface area (Å²) in [6, 6.07) is 19.2. The van der Waals surface area contributed by atoms with E-state index in [9.17, 15) is 0 Å². The van der Waals surface area contributed by atoms with E-state index in [1.807, 2.05) is 24.4 Å². The van der Waals surface area contributed by atoms with Gasteiger partial charge in [0.1, 0.15) is 5.82 Å². The van der Waals surface area contributed by atoms with Crippen LogP contribution < -0.4 is 5.32 Å². The van der Waals surface area contributed by atoms with E-state index < -0.39 is 0 Å². The first-order chi connectivity index (χ1) is 13.8. The van der Waals surface area contributed by atoms with Gasteiger partial charge in [0, 0.05) is 42.1 Å². The summed E-state index contributed by atoms with van der Waals surface area (Å²) in [5, 5.41) is 4.44. The Hall–Kier alpha value is -2.36. The highest BCUT2D eigenvalue weighted by atomic mass is 35.5. The number of halogens is 1. The van der Waals surface area contributed by atoms with Crippen molar-refractivity contribution >= 4 is 17.2 Å². The van der Waals surface area contributed by atoms with E-state index in [4.69, 9.17) is 11.6 Å². The largest absolute Gasteiger partial charge is 0.331 e. The van der Waals surface area contributed by atoms with Crippen molar-refractivity contribution < 1.29 is 0 Å².